The summed E-state index contributed by atoms with van der Waals surface area (Å²) in [6.45, 7) is 0.347. The molecule has 0 saturated carbocycles. The molecule has 0 radical (unpaired) electrons. The molecule has 0 N–H and O–H groups in total. The molecule has 0 fully saturated rings. The molecule has 0 bridgehead atoms. The summed E-state index contributed by atoms with van der Waals surface area (Å²) < 4.78 is 35.1. The number of nitrogens with zero attached hydrogens (tertiary/aromatic N) is 3. The third-order valence-electron chi connectivity index (χ3n) is 5.23. The van der Waals surface area contributed by atoms with Crippen molar-refractivity contribution >= 4 is 10.9 Å². The van der Waals surface area contributed by atoms with Gasteiger partial charge in [0.05, 0.1) is 19.2 Å². The first-order chi connectivity index (χ1) is 14.6. The molecule has 0 aromatic heterocycles. The van der Waals surface area contributed by atoms with Gasteiger partial charge in [-0.1, -0.05) is 18.2 Å². The van der Waals surface area contributed by atoms with Gasteiger partial charge in [-0.05, 0) is 48.5 Å². The van der Waals surface area contributed by atoms with Crippen LogP contribution in [0.25, 0.3) is 33.4 Å². The molecule has 3 aromatic carbocycles. The number of hydrogen-bond acceptors (Lipinski definition) is 3. The highest BCUT2D eigenvalue weighted by Crippen LogP contribution is 2.38. The monoisotopic (exact) mass is 401 g/mol. The van der Waals surface area contributed by atoms with Crippen LogP contribution in [0.15, 0.2) is 72.9 Å². The maximum absolute atomic E-state index is 14.3. The van der Waals surface area contributed by atoms with Crippen molar-refractivity contribution < 1.29 is 13.5 Å². The van der Waals surface area contributed by atoms with Gasteiger partial charge in [-0.15, -0.1) is 10.2 Å². The largest absolute Gasteiger partial charge is 0.497 e. The highest BCUT2D eigenvalue weighted by Gasteiger charge is 2.21. The Balaban J connectivity index is 1.75. The van der Waals surface area contributed by atoms with Crippen molar-refractivity contribution in [2.24, 2.45) is 0 Å². The maximum Gasteiger partial charge on any atom is 0.128 e. The number of methoxy groups -OCH3 is 1. The molecular weight excluding hydrogens is 384 g/mol. The fraction of sp³-hybridized carbons (Fsp3) is 0.0833. The Morgan fingerprint density at radius 2 is 1.67 bits per heavy atom. The first kappa shape index (κ1) is 18.2. The zero-order valence-corrected chi connectivity index (χ0v) is 16.1. The SMILES string of the molecule is COc1ccc2c(c1)c1nnc(-c3ccc(F)cc3)c-1cn2Cc1ccccc1F. The Kier molecular flexibility index (Phi) is 4.39. The summed E-state index contributed by atoms with van der Waals surface area (Å²) in [6.07, 6.45) is 1.93. The fourth-order valence-corrected chi connectivity index (χ4v) is 3.71. The topological polar surface area (TPSA) is 39.9 Å². The minimum Gasteiger partial charge on any atom is -0.497 e. The number of hydrogen-bond donors (Lipinski definition) is 0. The summed E-state index contributed by atoms with van der Waals surface area (Å²) in [4.78, 5) is 0. The zero-order valence-electron chi connectivity index (χ0n) is 16.1. The number of fused-ring (bicyclic) bond motifs is 3. The van der Waals surface area contributed by atoms with Crippen LogP contribution in [0, 0.1) is 11.6 Å². The maximum atomic E-state index is 14.3. The van der Waals surface area contributed by atoms with Crippen molar-refractivity contribution in [2.75, 3.05) is 7.11 Å². The molecule has 5 rings (SSSR count). The van der Waals surface area contributed by atoms with Gasteiger partial charge in [-0.2, -0.15) is 0 Å². The smallest absolute Gasteiger partial charge is 0.128 e. The summed E-state index contributed by atoms with van der Waals surface area (Å²) >= 11 is 0. The van der Waals surface area contributed by atoms with Crippen molar-refractivity contribution in [1.82, 2.24) is 14.8 Å². The molecule has 0 spiro atoms. The van der Waals surface area contributed by atoms with Crippen LogP contribution < -0.4 is 4.74 Å². The Hall–Kier alpha value is -3.80. The van der Waals surface area contributed by atoms with Crippen molar-refractivity contribution in [3.05, 3.63) is 90.1 Å². The minimum atomic E-state index is -0.313. The molecule has 30 heavy (non-hydrogen) atoms. The minimum absolute atomic E-state index is 0.260. The van der Waals surface area contributed by atoms with Crippen LogP contribution in [0.1, 0.15) is 5.56 Å². The molecule has 3 aromatic rings. The van der Waals surface area contributed by atoms with Gasteiger partial charge in [0.1, 0.15) is 28.8 Å². The van der Waals surface area contributed by atoms with Gasteiger partial charge in [0, 0.05) is 28.3 Å². The molecule has 4 nitrogen and oxygen atoms in total. The van der Waals surface area contributed by atoms with E-state index in [9.17, 15) is 8.78 Å². The summed E-state index contributed by atoms with van der Waals surface area (Å²) in [5, 5.41) is 9.62. The third kappa shape index (κ3) is 3.06. The van der Waals surface area contributed by atoms with Crippen LogP contribution in [0.3, 0.4) is 0 Å². The lowest BCUT2D eigenvalue weighted by Gasteiger charge is -2.16. The van der Waals surface area contributed by atoms with Crippen LogP contribution in [0.4, 0.5) is 8.78 Å². The molecular formula is C24H17F2N3O. The molecule has 0 unspecified atom stereocenters. The van der Waals surface area contributed by atoms with E-state index in [0.29, 0.717) is 29.2 Å². The Morgan fingerprint density at radius 3 is 2.43 bits per heavy atom. The number of pyridine rings is 1. The molecule has 2 aliphatic heterocycles. The molecule has 0 aliphatic carbocycles. The lowest BCUT2D eigenvalue weighted by Crippen LogP contribution is -2.05. The van der Waals surface area contributed by atoms with E-state index in [2.05, 4.69) is 10.2 Å². The van der Waals surface area contributed by atoms with E-state index in [4.69, 9.17) is 4.74 Å². The molecule has 0 atom stereocenters. The van der Waals surface area contributed by atoms with E-state index >= 15 is 0 Å². The van der Waals surface area contributed by atoms with Crippen molar-refractivity contribution in [3.63, 3.8) is 0 Å². The number of rotatable bonds is 4. The molecule has 0 saturated heterocycles. The Morgan fingerprint density at radius 1 is 0.900 bits per heavy atom. The van der Waals surface area contributed by atoms with E-state index in [-0.39, 0.29) is 11.6 Å². The van der Waals surface area contributed by atoms with Crippen molar-refractivity contribution in [1.29, 1.82) is 0 Å². The molecule has 2 aliphatic rings. The number of benzene rings is 3. The predicted molar refractivity (Wildman–Crippen MR) is 112 cm³/mol. The van der Waals surface area contributed by atoms with Crippen LogP contribution in [-0.4, -0.2) is 21.9 Å². The lowest BCUT2D eigenvalue weighted by atomic mass is 10.0. The predicted octanol–water partition coefficient (Wildman–Crippen LogP) is 5.54. The van der Waals surface area contributed by atoms with E-state index in [1.165, 1.54) is 18.2 Å². The summed E-state index contributed by atoms with van der Waals surface area (Å²) in [6, 6.07) is 18.6. The molecule has 0 amide bonds. The summed E-state index contributed by atoms with van der Waals surface area (Å²) in [7, 11) is 1.61. The van der Waals surface area contributed by atoms with E-state index in [1.807, 2.05) is 35.0 Å². The zero-order chi connectivity index (χ0) is 20.7. The average molecular weight is 401 g/mol. The van der Waals surface area contributed by atoms with E-state index < -0.39 is 0 Å². The molecule has 148 valence electrons. The van der Waals surface area contributed by atoms with E-state index in [1.54, 1.807) is 31.4 Å². The highest BCUT2D eigenvalue weighted by molar-refractivity contribution is 5.98. The molecule has 2 heterocycles. The lowest BCUT2D eigenvalue weighted by molar-refractivity contribution is 0.415. The van der Waals surface area contributed by atoms with Gasteiger partial charge in [0.15, 0.2) is 0 Å². The molecule has 6 heteroatoms. The second-order valence-electron chi connectivity index (χ2n) is 7.05. The van der Waals surface area contributed by atoms with Gasteiger partial charge in [0.25, 0.3) is 0 Å². The van der Waals surface area contributed by atoms with Gasteiger partial charge >= 0.3 is 0 Å². The third-order valence-corrected chi connectivity index (χ3v) is 5.23. The van der Waals surface area contributed by atoms with E-state index in [0.717, 1.165) is 22.0 Å². The van der Waals surface area contributed by atoms with Crippen LogP contribution in [-0.2, 0) is 6.54 Å². The summed E-state index contributed by atoms with van der Waals surface area (Å²) in [5.74, 6) is 0.121. The standard InChI is InChI=1S/C24H17F2N3O/c1-30-18-10-11-22-19(12-18)24-20(14-29(22)13-16-4-2-3-5-21(16)26)23(27-28-24)15-6-8-17(25)9-7-15/h2-12,14H,13H2,1H3. The summed E-state index contributed by atoms with van der Waals surface area (Å²) in [5.41, 5.74) is 4.40. The van der Waals surface area contributed by atoms with Crippen LogP contribution >= 0.6 is 0 Å². The van der Waals surface area contributed by atoms with Crippen molar-refractivity contribution in [2.45, 2.75) is 6.54 Å². The first-order valence-corrected chi connectivity index (χ1v) is 9.46. The second-order valence-corrected chi connectivity index (χ2v) is 7.05. The Bertz CT molecular complexity index is 1330. The van der Waals surface area contributed by atoms with Crippen LogP contribution in [0.2, 0.25) is 0 Å². The normalized spacial score (nSPS) is 11.3. The number of halogens is 2. The van der Waals surface area contributed by atoms with Gasteiger partial charge in [-0.3, -0.25) is 0 Å². The van der Waals surface area contributed by atoms with Gasteiger partial charge in [-0.25, -0.2) is 8.78 Å². The Labute approximate surface area is 171 Å². The van der Waals surface area contributed by atoms with Gasteiger partial charge < -0.3 is 9.30 Å². The quantitative estimate of drug-likeness (QED) is 0.397. The van der Waals surface area contributed by atoms with Crippen LogP contribution in [0.5, 0.6) is 5.75 Å². The first-order valence-electron chi connectivity index (χ1n) is 9.46. The second kappa shape index (κ2) is 7.22. The average Bonchev–Trinajstić information content (AvgIpc) is 3.19. The number of ether oxygens (including phenoxy) is 1. The number of aromatic nitrogens is 3. The highest BCUT2D eigenvalue weighted by atomic mass is 19.1. The fourth-order valence-electron chi connectivity index (χ4n) is 3.71. The van der Waals surface area contributed by atoms with Gasteiger partial charge in [0.2, 0.25) is 0 Å². The van der Waals surface area contributed by atoms with Crippen molar-refractivity contribution in [3.8, 4) is 28.3 Å².